The number of halogens is 1. The van der Waals surface area contributed by atoms with Crippen molar-refractivity contribution in [1.82, 2.24) is 10.6 Å². The van der Waals surface area contributed by atoms with Gasteiger partial charge in [0.05, 0.1) is 19.8 Å². The standard InChI is InChI=1S/C23H31N3O2.HI/c1-3-24-22(25-16-21(27)18-10-12-20(28-2)13-11-18)26-17-23(14-7-15-23)19-8-5-4-6-9-19;/h4-6,8-13,21,27H,3,7,14-17H2,1-2H3,(H2,24,25,26);1H. The van der Waals surface area contributed by atoms with Gasteiger partial charge in [-0.1, -0.05) is 48.9 Å². The minimum Gasteiger partial charge on any atom is -0.497 e. The number of methoxy groups -OCH3 is 1. The number of ether oxygens (including phenoxy) is 1. The fourth-order valence-corrected chi connectivity index (χ4v) is 3.64. The van der Waals surface area contributed by atoms with Gasteiger partial charge in [0.15, 0.2) is 5.96 Å². The summed E-state index contributed by atoms with van der Waals surface area (Å²) in [4.78, 5) is 4.84. The first-order valence-corrected chi connectivity index (χ1v) is 10.1. The average Bonchev–Trinajstić information content (AvgIpc) is 2.71. The Hall–Kier alpha value is -1.80. The van der Waals surface area contributed by atoms with Crippen LogP contribution in [-0.4, -0.2) is 37.8 Å². The molecule has 2 aromatic carbocycles. The lowest BCUT2D eigenvalue weighted by Crippen LogP contribution is -2.42. The van der Waals surface area contributed by atoms with Crippen LogP contribution in [0.2, 0.25) is 0 Å². The van der Waals surface area contributed by atoms with Crippen molar-refractivity contribution in [2.24, 2.45) is 4.99 Å². The highest BCUT2D eigenvalue weighted by Crippen LogP contribution is 2.43. The van der Waals surface area contributed by atoms with Gasteiger partial charge in [-0.3, -0.25) is 4.99 Å². The van der Waals surface area contributed by atoms with Crippen LogP contribution >= 0.6 is 24.0 Å². The van der Waals surface area contributed by atoms with Crippen molar-refractivity contribution in [1.29, 1.82) is 0 Å². The molecule has 158 valence electrons. The van der Waals surface area contributed by atoms with Crippen molar-refractivity contribution in [2.75, 3.05) is 26.7 Å². The lowest BCUT2D eigenvalue weighted by molar-refractivity contribution is 0.180. The van der Waals surface area contributed by atoms with Gasteiger partial charge in [-0.25, -0.2) is 0 Å². The van der Waals surface area contributed by atoms with Crippen LogP contribution in [0.25, 0.3) is 0 Å². The molecule has 0 spiro atoms. The van der Waals surface area contributed by atoms with Gasteiger partial charge in [-0.2, -0.15) is 0 Å². The number of guanidine groups is 1. The molecule has 0 heterocycles. The van der Waals surface area contributed by atoms with Gasteiger partial charge in [-0.05, 0) is 43.0 Å². The number of nitrogens with one attached hydrogen (secondary N) is 2. The molecular formula is C23H32IN3O2. The Labute approximate surface area is 191 Å². The van der Waals surface area contributed by atoms with E-state index in [0.717, 1.165) is 30.4 Å². The molecule has 3 rings (SSSR count). The van der Waals surface area contributed by atoms with Crippen LogP contribution in [0.1, 0.15) is 43.4 Å². The van der Waals surface area contributed by atoms with Crippen LogP contribution in [0.15, 0.2) is 59.6 Å². The van der Waals surface area contributed by atoms with Crippen molar-refractivity contribution >= 4 is 29.9 Å². The Morgan fingerprint density at radius 2 is 1.79 bits per heavy atom. The molecule has 0 amide bonds. The fourth-order valence-electron chi connectivity index (χ4n) is 3.64. The maximum atomic E-state index is 10.5. The molecular weight excluding hydrogens is 477 g/mol. The SMILES string of the molecule is CCNC(=NCC1(c2ccccc2)CCC1)NCC(O)c1ccc(OC)cc1.I. The van der Waals surface area contributed by atoms with E-state index in [1.165, 1.54) is 24.8 Å². The topological polar surface area (TPSA) is 65.9 Å². The van der Waals surface area contributed by atoms with E-state index in [4.69, 9.17) is 9.73 Å². The Kier molecular flexibility index (Phi) is 9.23. The summed E-state index contributed by atoms with van der Waals surface area (Å²) in [5.41, 5.74) is 2.38. The van der Waals surface area contributed by atoms with Gasteiger partial charge in [0, 0.05) is 18.5 Å². The summed E-state index contributed by atoms with van der Waals surface area (Å²) in [7, 11) is 1.64. The van der Waals surface area contributed by atoms with E-state index in [2.05, 4.69) is 41.0 Å². The summed E-state index contributed by atoms with van der Waals surface area (Å²) in [5.74, 6) is 1.53. The molecule has 1 atom stereocenters. The number of aliphatic hydroxyl groups excluding tert-OH is 1. The zero-order valence-electron chi connectivity index (χ0n) is 17.2. The highest BCUT2D eigenvalue weighted by atomic mass is 127. The fraction of sp³-hybridized carbons (Fsp3) is 0.435. The Morgan fingerprint density at radius 3 is 2.34 bits per heavy atom. The number of rotatable bonds is 8. The molecule has 0 bridgehead atoms. The first-order valence-electron chi connectivity index (χ1n) is 10.1. The van der Waals surface area contributed by atoms with E-state index in [0.29, 0.717) is 6.54 Å². The smallest absolute Gasteiger partial charge is 0.191 e. The molecule has 0 saturated heterocycles. The highest BCUT2D eigenvalue weighted by Gasteiger charge is 2.38. The van der Waals surface area contributed by atoms with E-state index >= 15 is 0 Å². The van der Waals surface area contributed by atoms with E-state index < -0.39 is 6.10 Å². The van der Waals surface area contributed by atoms with E-state index in [1.807, 2.05) is 31.2 Å². The van der Waals surface area contributed by atoms with E-state index in [9.17, 15) is 5.11 Å². The largest absolute Gasteiger partial charge is 0.497 e. The van der Waals surface area contributed by atoms with Crippen LogP contribution in [-0.2, 0) is 5.41 Å². The van der Waals surface area contributed by atoms with Crippen LogP contribution < -0.4 is 15.4 Å². The zero-order chi connectivity index (χ0) is 19.8. The maximum Gasteiger partial charge on any atom is 0.191 e. The second kappa shape index (κ2) is 11.4. The lowest BCUT2D eigenvalue weighted by atomic mass is 9.64. The number of benzene rings is 2. The molecule has 1 fully saturated rings. The first-order chi connectivity index (χ1) is 13.7. The van der Waals surface area contributed by atoms with Crippen LogP contribution in [0.5, 0.6) is 5.75 Å². The second-order valence-electron chi connectivity index (χ2n) is 7.36. The predicted molar refractivity (Wildman–Crippen MR) is 129 cm³/mol. The second-order valence-corrected chi connectivity index (χ2v) is 7.36. The molecule has 0 radical (unpaired) electrons. The van der Waals surface area contributed by atoms with Crippen LogP contribution in [0.3, 0.4) is 0 Å². The van der Waals surface area contributed by atoms with Gasteiger partial charge < -0.3 is 20.5 Å². The van der Waals surface area contributed by atoms with Gasteiger partial charge in [0.1, 0.15) is 5.75 Å². The normalized spacial score (nSPS) is 16.2. The van der Waals surface area contributed by atoms with Crippen molar-refractivity contribution < 1.29 is 9.84 Å². The molecule has 3 N–H and O–H groups in total. The number of hydrogen-bond acceptors (Lipinski definition) is 3. The van der Waals surface area contributed by atoms with E-state index in [-0.39, 0.29) is 29.4 Å². The van der Waals surface area contributed by atoms with Crippen molar-refractivity contribution in [3.8, 4) is 5.75 Å². The number of nitrogens with zero attached hydrogens (tertiary/aromatic N) is 1. The molecule has 6 heteroatoms. The third-order valence-electron chi connectivity index (χ3n) is 5.54. The molecule has 0 aromatic heterocycles. The Morgan fingerprint density at radius 1 is 1.10 bits per heavy atom. The molecule has 0 aliphatic heterocycles. The molecule has 1 aliphatic rings. The van der Waals surface area contributed by atoms with Gasteiger partial charge >= 0.3 is 0 Å². The van der Waals surface area contributed by atoms with Crippen molar-refractivity contribution in [3.05, 3.63) is 65.7 Å². The lowest BCUT2D eigenvalue weighted by Gasteiger charge is -2.41. The average molecular weight is 509 g/mol. The van der Waals surface area contributed by atoms with Crippen LogP contribution in [0.4, 0.5) is 0 Å². The first kappa shape index (κ1) is 23.5. The Bertz CT molecular complexity index is 761. The molecule has 1 saturated carbocycles. The summed E-state index contributed by atoms with van der Waals surface area (Å²) in [6, 6.07) is 18.2. The highest BCUT2D eigenvalue weighted by molar-refractivity contribution is 14.0. The molecule has 1 unspecified atom stereocenters. The number of aliphatic hydroxyl groups is 1. The van der Waals surface area contributed by atoms with Gasteiger partial charge in [0.25, 0.3) is 0 Å². The third kappa shape index (κ3) is 6.09. The predicted octanol–water partition coefficient (Wildman–Crippen LogP) is 4.02. The maximum absolute atomic E-state index is 10.5. The van der Waals surface area contributed by atoms with Crippen LogP contribution in [0, 0.1) is 0 Å². The number of hydrogen-bond donors (Lipinski definition) is 3. The summed E-state index contributed by atoms with van der Waals surface area (Å²) < 4.78 is 5.17. The summed E-state index contributed by atoms with van der Waals surface area (Å²) in [6.45, 7) is 3.98. The quantitative estimate of drug-likeness (QED) is 0.286. The van der Waals surface area contributed by atoms with Crippen molar-refractivity contribution in [2.45, 2.75) is 37.7 Å². The summed E-state index contributed by atoms with van der Waals surface area (Å²) in [5, 5.41) is 17.0. The molecule has 1 aliphatic carbocycles. The van der Waals surface area contributed by atoms with Crippen molar-refractivity contribution in [3.63, 3.8) is 0 Å². The Balaban J connectivity index is 0.00000300. The molecule has 5 nitrogen and oxygen atoms in total. The van der Waals surface area contributed by atoms with Gasteiger partial charge in [0.2, 0.25) is 0 Å². The number of aliphatic imine (C=N–C) groups is 1. The third-order valence-corrected chi connectivity index (χ3v) is 5.54. The minimum atomic E-state index is -0.610. The molecule has 29 heavy (non-hydrogen) atoms. The minimum absolute atomic E-state index is 0. The summed E-state index contributed by atoms with van der Waals surface area (Å²) in [6.07, 6.45) is 2.99. The van der Waals surface area contributed by atoms with E-state index in [1.54, 1.807) is 7.11 Å². The summed E-state index contributed by atoms with van der Waals surface area (Å²) >= 11 is 0. The monoisotopic (exact) mass is 509 g/mol. The van der Waals surface area contributed by atoms with Gasteiger partial charge in [-0.15, -0.1) is 24.0 Å². The molecule has 2 aromatic rings. The zero-order valence-corrected chi connectivity index (χ0v) is 19.6.